The lowest BCUT2D eigenvalue weighted by Crippen LogP contribution is -2.36. The fraction of sp³-hybridized carbons (Fsp3) is 0.188. The van der Waals surface area contributed by atoms with Gasteiger partial charge >= 0.3 is 5.69 Å². The molecule has 0 bridgehead atoms. The van der Waals surface area contributed by atoms with Crippen LogP contribution in [-0.4, -0.2) is 41.2 Å². The molecule has 4 rings (SSSR count). The average Bonchev–Trinajstić information content (AvgIpc) is 3.32. The highest BCUT2D eigenvalue weighted by atomic mass is 16.5. The molecule has 0 fully saturated rings. The third-order valence-electron chi connectivity index (χ3n) is 4.17. The van der Waals surface area contributed by atoms with Gasteiger partial charge in [-0.15, -0.1) is 5.10 Å². The first kappa shape index (κ1) is 15.8. The SMILES string of the molecule is COc1ccc(-n2cc(-c3nc4c([nH]3)c(=O)n(C)c(=O)n4C)nn2)cc1. The van der Waals surface area contributed by atoms with E-state index in [1.165, 1.54) is 11.6 Å². The minimum atomic E-state index is -0.442. The van der Waals surface area contributed by atoms with Crippen molar-refractivity contribution in [3.05, 3.63) is 51.3 Å². The van der Waals surface area contributed by atoms with E-state index in [9.17, 15) is 9.59 Å². The van der Waals surface area contributed by atoms with Gasteiger partial charge in [0.25, 0.3) is 5.56 Å². The van der Waals surface area contributed by atoms with Crippen molar-refractivity contribution in [1.29, 1.82) is 0 Å². The highest BCUT2D eigenvalue weighted by Gasteiger charge is 2.16. The van der Waals surface area contributed by atoms with Crippen LogP contribution in [0.5, 0.6) is 5.75 Å². The lowest BCUT2D eigenvalue weighted by molar-refractivity contribution is 0.414. The zero-order valence-electron chi connectivity index (χ0n) is 14.3. The van der Waals surface area contributed by atoms with Crippen LogP contribution < -0.4 is 16.0 Å². The van der Waals surface area contributed by atoms with E-state index in [1.807, 2.05) is 24.3 Å². The maximum absolute atomic E-state index is 12.3. The third-order valence-corrected chi connectivity index (χ3v) is 4.17. The van der Waals surface area contributed by atoms with Crippen LogP contribution in [0.2, 0.25) is 0 Å². The Bertz CT molecular complexity index is 1230. The average molecular weight is 353 g/mol. The van der Waals surface area contributed by atoms with Crippen molar-refractivity contribution >= 4 is 11.2 Å². The number of fused-ring (bicyclic) bond motifs is 1. The topological polar surface area (TPSA) is 113 Å². The highest BCUT2D eigenvalue weighted by Crippen LogP contribution is 2.18. The Morgan fingerprint density at radius 2 is 1.81 bits per heavy atom. The van der Waals surface area contributed by atoms with Crippen molar-refractivity contribution < 1.29 is 4.74 Å². The van der Waals surface area contributed by atoms with Gasteiger partial charge in [0, 0.05) is 14.1 Å². The van der Waals surface area contributed by atoms with Crippen molar-refractivity contribution in [2.45, 2.75) is 0 Å². The molecule has 3 aromatic heterocycles. The van der Waals surface area contributed by atoms with Crippen molar-refractivity contribution in [3.63, 3.8) is 0 Å². The summed E-state index contributed by atoms with van der Waals surface area (Å²) in [6, 6.07) is 7.32. The van der Waals surface area contributed by atoms with Crippen LogP contribution in [0.1, 0.15) is 0 Å². The quantitative estimate of drug-likeness (QED) is 0.564. The number of hydrogen-bond donors (Lipinski definition) is 1. The number of H-pyrrole nitrogens is 1. The van der Waals surface area contributed by atoms with Gasteiger partial charge in [-0.3, -0.25) is 13.9 Å². The van der Waals surface area contributed by atoms with E-state index >= 15 is 0 Å². The van der Waals surface area contributed by atoms with E-state index in [2.05, 4.69) is 20.3 Å². The predicted octanol–water partition coefficient (Wildman–Crippen LogP) is 0.217. The second kappa shape index (κ2) is 5.69. The molecule has 0 aliphatic rings. The van der Waals surface area contributed by atoms with Gasteiger partial charge in [-0.25, -0.2) is 14.5 Å². The fourth-order valence-electron chi connectivity index (χ4n) is 2.68. The molecule has 10 nitrogen and oxygen atoms in total. The number of nitrogens with zero attached hydrogens (tertiary/aromatic N) is 6. The molecule has 4 aromatic rings. The molecule has 0 amide bonds. The molecule has 0 saturated heterocycles. The van der Waals surface area contributed by atoms with Crippen LogP contribution in [0.25, 0.3) is 28.4 Å². The summed E-state index contributed by atoms with van der Waals surface area (Å²) in [5.74, 6) is 1.10. The van der Waals surface area contributed by atoms with Crippen LogP contribution >= 0.6 is 0 Å². The lowest BCUT2D eigenvalue weighted by Gasteiger charge is -2.01. The number of imidazole rings is 1. The summed E-state index contributed by atoms with van der Waals surface area (Å²) in [5.41, 5.74) is 0.873. The number of aryl methyl sites for hydroxylation is 1. The van der Waals surface area contributed by atoms with Gasteiger partial charge in [0.05, 0.1) is 19.0 Å². The number of aromatic amines is 1. The minimum absolute atomic E-state index is 0.239. The van der Waals surface area contributed by atoms with Gasteiger partial charge in [-0.05, 0) is 24.3 Å². The molecule has 0 saturated carbocycles. The molecule has 0 atom stereocenters. The lowest BCUT2D eigenvalue weighted by atomic mass is 10.3. The number of ether oxygens (including phenoxy) is 1. The molecule has 26 heavy (non-hydrogen) atoms. The standard InChI is InChI=1S/C16H15N7O3/c1-21-14-12(15(24)22(2)16(21)25)17-13(18-14)11-8-23(20-19-11)9-4-6-10(26-3)7-5-9/h4-8H,1-3H3,(H,17,18). The third kappa shape index (κ3) is 2.31. The Labute approximate surface area is 146 Å². The fourth-order valence-corrected chi connectivity index (χ4v) is 2.68. The molecular formula is C16H15N7O3. The number of hydrogen-bond acceptors (Lipinski definition) is 6. The highest BCUT2D eigenvalue weighted by molar-refractivity contribution is 5.74. The molecule has 0 unspecified atom stereocenters. The van der Waals surface area contributed by atoms with E-state index in [1.54, 1.807) is 25.0 Å². The second-order valence-electron chi connectivity index (χ2n) is 5.74. The first-order valence-electron chi connectivity index (χ1n) is 7.72. The number of nitrogens with one attached hydrogen (secondary N) is 1. The molecule has 0 radical (unpaired) electrons. The normalized spacial score (nSPS) is 11.2. The van der Waals surface area contributed by atoms with Crippen LogP contribution in [0, 0.1) is 0 Å². The molecule has 10 heteroatoms. The molecule has 1 N–H and O–H groups in total. The molecule has 132 valence electrons. The van der Waals surface area contributed by atoms with Crippen LogP contribution in [0.4, 0.5) is 0 Å². The number of methoxy groups -OCH3 is 1. The van der Waals surface area contributed by atoms with E-state index in [-0.39, 0.29) is 11.2 Å². The van der Waals surface area contributed by atoms with Crippen molar-refractivity contribution in [1.82, 2.24) is 34.1 Å². The molecular weight excluding hydrogens is 338 g/mol. The number of aromatic nitrogens is 7. The van der Waals surface area contributed by atoms with Gasteiger partial charge in [-0.2, -0.15) is 0 Å². The molecule has 1 aromatic carbocycles. The van der Waals surface area contributed by atoms with E-state index in [0.717, 1.165) is 16.0 Å². The maximum Gasteiger partial charge on any atom is 0.332 e. The van der Waals surface area contributed by atoms with Crippen LogP contribution in [-0.2, 0) is 14.1 Å². The van der Waals surface area contributed by atoms with Crippen molar-refractivity contribution in [2.75, 3.05) is 7.11 Å². The van der Waals surface area contributed by atoms with Gasteiger partial charge < -0.3 is 9.72 Å². The summed E-state index contributed by atoms with van der Waals surface area (Å²) < 4.78 is 9.05. The Morgan fingerprint density at radius 3 is 2.50 bits per heavy atom. The summed E-state index contributed by atoms with van der Waals surface area (Å²) in [7, 11) is 4.58. The minimum Gasteiger partial charge on any atom is -0.497 e. The summed E-state index contributed by atoms with van der Waals surface area (Å²) in [6.07, 6.45) is 1.68. The Hall–Kier alpha value is -3.69. The zero-order valence-corrected chi connectivity index (χ0v) is 14.3. The smallest absolute Gasteiger partial charge is 0.332 e. The van der Waals surface area contributed by atoms with Crippen LogP contribution in [0.15, 0.2) is 40.1 Å². The zero-order chi connectivity index (χ0) is 18.4. The van der Waals surface area contributed by atoms with Gasteiger partial charge in [0.2, 0.25) is 0 Å². The number of benzene rings is 1. The monoisotopic (exact) mass is 353 g/mol. The summed E-state index contributed by atoms with van der Waals surface area (Å²) in [6.45, 7) is 0. The van der Waals surface area contributed by atoms with Crippen LogP contribution in [0.3, 0.4) is 0 Å². The Morgan fingerprint density at radius 1 is 1.08 bits per heavy atom. The maximum atomic E-state index is 12.3. The van der Waals surface area contributed by atoms with Gasteiger partial charge in [-0.1, -0.05) is 5.21 Å². The van der Waals surface area contributed by atoms with Gasteiger partial charge in [0.15, 0.2) is 11.5 Å². The second-order valence-corrected chi connectivity index (χ2v) is 5.74. The summed E-state index contributed by atoms with van der Waals surface area (Å²) in [5, 5.41) is 8.18. The first-order chi connectivity index (χ1) is 12.5. The molecule has 0 aliphatic carbocycles. The Kier molecular flexibility index (Phi) is 3.46. The summed E-state index contributed by atoms with van der Waals surface area (Å²) in [4.78, 5) is 31.5. The summed E-state index contributed by atoms with van der Waals surface area (Å²) >= 11 is 0. The van der Waals surface area contributed by atoms with Crippen molar-refractivity contribution in [2.24, 2.45) is 14.1 Å². The van der Waals surface area contributed by atoms with E-state index in [0.29, 0.717) is 11.5 Å². The molecule has 0 spiro atoms. The Balaban J connectivity index is 1.80. The predicted molar refractivity (Wildman–Crippen MR) is 93.5 cm³/mol. The van der Waals surface area contributed by atoms with Crippen molar-refractivity contribution in [3.8, 4) is 23.0 Å². The number of rotatable bonds is 3. The largest absolute Gasteiger partial charge is 0.497 e. The molecule has 3 heterocycles. The van der Waals surface area contributed by atoms with E-state index in [4.69, 9.17) is 4.74 Å². The molecule has 0 aliphatic heterocycles. The first-order valence-corrected chi connectivity index (χ1v) is 7.72. The van der Waals surface area contributed by atoms with Gasteiger partial charge in [0.1, 0.15) is 17.0 Å². The van der Waals surface area contributed by atoms with E-state index < -0.39 is 11.2 Å².